The number of alkyl halides is 3. The van der Waals surface area contributed by atoms with Crippen LogP contribution < -0.4 is 0 Å². The molecule has 0 heterocycles. The van der Waals surface area contributed by atoms with Crippen molar-refractivity contribution in [1.29, 1.82) is 0 Å². The molecule has 0 bridgehead atoms. The first kappa shape index (κ1) is 8.70. The molecule has 3 heteroatoms. The van der Waals surface area contributed by atoms with Crippen LogP contribution in [0.15, 0.2) is 12.2 Å². The molecule has 2 atom stereocenters. The van der Waals surface area contributed by atoms with Gasteiger partial charge in [0.2, 0.25) is 0 Å². The molecule has 1 rings (SSSR count). The van der Waals surface area contributed by atoms with E-state index in [1.165, 1.54) is 0 Å². The maximum absolute atomic E-state index is 5.89. The maximum Gasteiger partial charge on any atom is 0.0570 e. The third-order valence-corrected chi connectivity index (χ3v) is 3.00. The second-order valence-corrected chi connectivity index (χ2v) is 4.25. The fourth-order valence-corrected chi connectivity index (χ4v) is 2.38. The Hall–Kier alpha value is 0.610. The molecule has 0 saturated heterocycles. The van der Waals surface area contributed by atoms with Gasteiger partial charge in [-0.05, 0) is 18.4 Å². The predicted octanol–water partition coefficient (Wildman–Crippen LogP) is 3.16. The first-order chi connectivity index (χ1) is 4.61. The van der Waals surface area contributed by atoms with Gasteiger partial charge < -0.3 is 0 Å². The second kappa shape index (κ2) is 3.34. The highest BCUT2D eigenvalue weighted by Gasteiger charge is 2.28. The van der Waals surface area contributed by atoms with Crippen molar-refractivity contribution >= 4 is 34.8 Å². The molecular weight excluding hydrogens is 190 g/mol. The van der Waals surface area contributed by atoms with E-state index in [0.29, 0.717) is 0 Å². The lowest BCUT2D eigenvalue weighted by Gasteiger charge is -2.27. The highest BCUT2D eigenvalue weighted by molar-refractivity contribution is 6.29. The van der Waals surface area contributed by atoms with Crippen LogP contribution in [0.2, 0.25) is 0 Å². The number of halogens is 3. The van der Waals surface area contributed by atoms with Crippen LogP contribution in [-0.2, 0) is 0 Å². The molecule has 0 spiro atoms. The Labute approximate surface area is 76.1 Å². The lowest BCUT2D eigenvalue weighted by molar-refractivity contribution is 0.620. The SMILES string of the molecule is C=C1C(Cl)CC(Cl)CC1Cl. The summed E-state index contributed by atoms with van der Waals surface area (Å²) in [6.45, 7) is 3.79. The van der Waals surface area contributed by atoms with Crippen LogP contribution in [-0.4, -0.2) is 16.1 Å². The maximum atomic E-state index is 5.89. The Bertz CT molecular complexity index is 130. The van der Waals surface area contributed by atoms with Gasteiger partial charge in [0, 0.05) is 5.38 Å². The van der Waals surface area contributed by atoms with Gasteiger partial charge >= 0.3 is 0 Å². The van der Waals surface area contributed by atoms with E-state index < -0.39 is 0 Å². The van der Waals surface area contributed by atoms with Crippen molar-refractivity contribution in [3.63, 3.8) is 0 Å². The van der Waals surface area contributed by atoms with E-state index in [1.807, 2.05) is 0 Å². The van der Waals surface area contributed by atoms with Gasteiger partial charge in [-0.2, -0.15) is 0 Å². The van der Waals surface area contributed by atoms with Gasteiger partial charge in [0.25, 0.3) is 0 Å². The molecule has 1 fully saturated rings. The number of allylic oxidation sites excluding steroid dienone is 1. The zero-order valence-electron chi connectivity index (χ0n) is 5.49. The van der Waals surface area contributed by atoms with Gasteiger partial charge in [0.05, 0.1) is 10.8 Å². The molecule has 0 aromatic rings. The lowest BCUT2D eigenvalue weighted by Crippen LogP contribution is -2.26. The molecule has 0 aromatic heterocycles. The van der Waals surface area contributed by atoms with Crippen molar-refractivity contribution in [2.45, 2.75) is 29.0 Å². The highest BCUT2D eigenvalue weighted by Crippen LogP contribution is 2.33. The monoisotopic (exact) mass is 198 g/mol. The summed E-state index contributed by atoms with van der Waals surface area (Å²) in [4.78, 5) is 0. The van der Waals surface area contributed by atoms with Crippen LogP contribution in [0, 0.1) is 0 Å². The molecule has 2 unspecified atom stereocenters. The molecule has 0 aliphatic heterocycles. The van der Waals surface area contributed by atoms with Crippen molar-refractivity contribution in [3.8, 4) is 0 Å². The summed E-state index contributed by atoms with van der Waals surface area (Å²) in [6.07, 6.45) is 1.59. The molecule has 1 aliphatic rings. The molecular formula is C7H9Cl3. The molecule has 0 N–H and O–H groups in total. The Morgan fingerprint density at radius 1 is 1.10 bits per heavy atom. The van der Waals surface area contributed by atoms with E-state index in [2.05, 4.69) is 6.58 Å². The fraction of sp³-hybridized carbons (Fsp3) is 0.714. The Balaban J connectivity index is 2.57. The zero-order chi connectivity index (χ0) is 7.72. The second-order valence-electron chi connectivity index (χ2n) is 2.58. The molecule has 1 aliphatic carbocycles. The summed E-state index contributed by atoms with van der Waals surface area (Å²) in [5.41, 5.74) is 0.917. The average molecular weight is 200 g/mol. The average Bonchev–Trinajstić information content (AvgIpc) is 1.82. The first-order valence-electron chi connectivity index (χ1n) is 3.22. The standard InChI is InChI=1S/C7H9Cl3/c1-4-6(9)2-5(8)3-7(4)10/h5-7H,1-3H2. The van der Waals surface area contributed by atoms with Crippen molar-refractivity contribution < 1.29 is 0 Å². The number of rotatable bonds is 0. The van der Waals surface area contributed by atoms with Crippen LogP contribution >= 0.6 is 34.8 Å². The summed E-state index contributed by atoms with van der Waals surface area (Å²) < 4.78 is 0. The predicted molar refractivity (Wildman–Crippen MR) is 47.3 cm³/mol. The minimum atomic E-state index is -0.0289. The van der Waals surface area contributed by atoms with E-state index in [1.54, 1.807) is 0 Å². The molecule has 1 saturated carbocycles. The third kappa shape index (κ3) is 1.81. The molecule has 0 nitrogen and oxygen atoms in total. The lowest BCUT2D eigenvalue weighted by atomic mass is 9.95. The van der Waals surface area contributed by atoms with E-state index >= 15 is 0 Å². The van der Waals surface area contributed by atoms with Crippen molar-refractivity contribution in [2.75, 3.05) is 0 Å². The van der Waals surface area contributed by atoms with E-state index in [9.17, 15) is 0 Å². The van der Waals surface area contributed by atoms with Crippen LogP contribution in [0.5, 0.6) is 0 Å². The summed E-state index contributed by atoms with van der Waals surface area (Å²) in [6, 6.07) is 0. The van der Waals surface area contributed by atoms with Crippen molar-refractivity contribution in [3.05, 3.63) is 12.2 Å². The van der Waals surface area contributed by atoms with Crippen molar-refractivity contribution in [1.82, 2.24) is 0 Å². The zero-order valence-corrected chi connectivity index (χ0v) is 7.76. The minimum Gasteiger partial charge on any atom is -0.123 e. The van der Waals surface area contributed by atoms with Gasteiger partial charge in [0.15, 0.2) is 0 Å². The van der Waals surface area contributed by atoms with Crippen LogP contribution in [0.25, 0.3) is 0 Å². The van der Waals surface area contributed by atoms with Crippen LogP contribution in [0.4, 0.5) is 0 Å². The molecule has 0 aromatic carbocycles. The van der Waals surface area contributed by atoms with Gasteiger partial charge in [-0.15, -0.1) is 34.8 Å². The number of hydrogen-bond donors (Lipinski definition) is 0. The largest absolute Gasteiger partial charge is 0.123 e. The molecule has 58 valence electrons. The minimum absolute atomic E-state index is 0.0289. The third-order valence-electron chi connectivity index (χ3n) is 1.73. The molecule has 0 radical (unpaired) electrons. The van der Waals surface area contributed by atoms with Gasteiger partial charge in [-0.1, -0.05) is 6.58 Å². The Kier molecular flexibility index (Phi) is 2.91. The Morgan fingerprint density at radius 2 is 1.50 bits per heavy atom. The van der Waals surface area contributed by atoms with Crippen LogP contribution in [0.3, 0.4) is 0 Å². The summed E-state index contributed by atoms with van der Waals surface area (Å²) in [7, 11) is 0. The molecule has 10 heavy (non-hydrogen) atoms. The Morgan fingerprint density at radius 3 is 1.90 bits per heavy atom. The topological polar surface area (TPSA) is 0 Å². The highest BCUT2D eigenvalue weighted by atomic mass is 35.5. The van der Waals surface area contributed by atoms with Gasteiger partial charge in [-0.3, -0.25) is 0 Å². The summed E-state index contributed by atoms with van der Waals surface area (Å²) in [5, 5.41) is 0.0630. The quantitative estimate of drug-likeness (QED) is 0.415. The fourth-order valence-electron chi connectivity index (χ4n) is 1.04. The molecule has 0 amide bonds. The van der Waals surface area contributed by atoms with E-state index in [0.717, 1.165) is 18.4 Å². The van der Waals surface area contributed by atoms with Gasteiger partial charge in [0.1, 0.15) is 0 Å². The van der Waals surface area contributed by atoms with Crippen LogP contribution in [0.1, 0.15) is 12.8 Å². The number of hydrogen-bond acceptors (Lipinski definition) is 0. The van der Waals surface area contributed by atoms with Gasteiger partial charge in [-0.25, -0.2) is 0 Å². The first-order valence-corrected chi connectivity index (χ1v) is 4.53. The normalized spacial score (nSPS) is 41.9. The summed E-state index contributed by atoms with van der Waals surface area (Å²) in [5.74, 6) is 0. The smallest absolute Gasteiger partial charge is 0.0570 e. The van der Waals surface area contributed by atoms with Crippen molar-refractivity contribution in [2.24, 2.45) is 0 Å². The van der Waals surface area contributed by atoms with E-state index in [-0.39, 0.29) is 16.1 Å². The summed E-state index contributed by atoms with van der Waals surface area (Å²) >= 11 is 17.6. The van der Waals surface area contributed by atoms with E-state index in [4.69, 9.17) is 34.8 Å².